The monoisotopic (exact) mass is 424 g/mol. The molecule has 0 fully saturated rings. The number of anilines is 1. The lowest BCUT2D eigenvalue weighted by Gasteiger charge is -2.06. The molecule has 0 aliphatic carbocycles. The third kappa shape index (κ3) is 4.74. The summed E-state index contributed by atoms with van der Waals surface area (Å²) in [6.07, 6.45) is 4.69. The summed E-state index contributed by atoms with van der Waals surface area (Å²) in [5.41, 5.74) is 3.27. The van der Waals surface area contributed by atoms with Gasteiger partial charge in [0.1, 0.15) is 12.4 Å². The first kappa shape index (κ1) is 16.9. The summed E-state index contributed by atoms with van der Waals surface area (Å²) in [6.45, 7) is 4.04. The van der Waals surface area contributed by atoms with Crippen molar-refractivity contribution in [1.82, 2.24) is 4.98 Å². The summed E-state index contributed by atoms with van der Waals surface area (Å²) in [6, 6.07) is 8.41. The van der Waals surface area contributed by atoms with E-state index in [4.69, 9.17) is 4.74 Å². The molecule has 1 aromatic carbocycles. The fourth-order valence-electron chi connectivity index (χ4n) is 1.66. The van der Waals surface area contributed by atoms with Crippen LogP contribution in [0.2, 0.25) is 0 Å². The molecule has 1 aromatic heterocycles. The maximum Gasteiger partial charge on any atom is 0.313 e. The van der Waals surface area contributed by atoms with E-state index >= 15 is 0 Å². The maximum atomic E-state index is 10.9. The molecule has 0 saturated heterocycles. The lowest BCUT2D eigenvalue weighted by molar-refractivity contribution is -0.384. The molecule has 0 aliphatic rings. The summed E-state index contributed by atoms with van der Waals surface area (Å²) in [5, 5.41) is 14.9. The molecule has 0 bridgehead atoms. The van der Waals surface area contributed by atoms with Crippen LogP contribution in [0.25, 0.3) is 0 Å². The number of halogens is 1. The molecule has 0 saturated carbocycles. The molecule has 23 heavy (non-hydrogen) atoms. The average Bonchev–Trinajstić information content (AvgIpc) is 2.54. The molecule has 2 aromatic rings. The number of benzene rings is 1. The highest BCUT2D eigenvalue weighted by molar-refractivity contribution is 14.1. The number of nitrogens with zero attached hydrogens (tertiary/aromatic N) is 3. The molecule has 0 atom stereocenters. The Morgan fingerprint density at radius 3 is 3.00 bits per heavy atom. The quantitative estimate of drug-likeness (QED) is 0.241. The molecular formula is C15H13IN4O3. The van der Waals surface area contributed by atoms with Crippen LogP contribution in [-0.2, 0) is 0 Å². The van der Waals surface area contributed by atoms with Crippen molar-refractivity contribution >= 4 is 40.3 Å². The van der Waals surface area contributed by atoms with Gasteiger partial charge >= 0.3 is 5.69 Å². The molecule has 0 radical (unpaired) electrons. The highest BCUT2D eigenvalue weighted by Gasteiger charge is 2.12. The van der Waals surface area contributed by atoms with Crippen molar-refractivity contribution in [2.45, 2.75) is 0 Å². The van der Waals surface area contributed by atoms with Crippen molar-refractivity contribution in [1.29, 1.82) is 0 Å². The highest BCUT2D eigenvalue weighted by atomic mass is 127. The second-order valence-corrected chi connectivity index (χ2v) is 5.45. The van der Waals surface area contributed by atoms with Crippen molar-refractivity contribution in [3.05, 3.63) is 68.4 Å². The van der Waals surface area contributed by atoms with Crippen molar-refractivity contribution in [2.24, 2.45) is 5.10 Å². The van der Waals surface area contributed by atoms with Gasteiger partial charge in [-0.2, -0.15) is 5.10 Å². The van der Waals surface area contributed by atoms with Gasteiger partial charge in [0.2, 0.25) is 5.82 Å². The Hall–Kier alpha value is -2.49. The Morgan fingerprint density at radius 2 is 2.30 bits per heavy atom. The minimum atomic E-state index is -0.514. The zero-order chi connectivity index (χ0) is 16.7. The van der Waals surface area contributed by atoms with E-state index in [1.54, 1.807) is 12.3 Å². The fraction of sp³-hybridized carbons (Fsp3) is 0.0667. The van der Waals surface area contributed by atoms with Crippen LogP contribution in [0, 0.1) is 13.7 Å². The molecule has 8 heteroatoms. The van der Waals surface area contributed by atoms with Gasteiger partial charge in [-0.25, -0.2) is 4.98 Å². The van der Waals surface area contributed by atoms with Gasteiger partial charge in [0.05, 0.1) is 14.7 Å². The Morgan fingerprint density at radius 1 is 1.48 bits per heavy atom. The number of hydrazone groups is 1. The Bertz CT molecular complexity index is 749. The van der Waals surface area contributed by atoms with E-state index in [0.29, 0.717) is 6.61 Å². The van der Waals surface area contributed by atoms with E-state index in [2.05, 4.69) is 44.7 Å². The van der Waals surface area contributed by atoms with E-state index in [1.165, 1.54) is 18.3 Å². The van der Waals surface area contributed by atoms with E-state index in [-0.39, 0.29) is 11.5 Å². The summed E-state index contributed by atoms with van der Waals surface area (Å²) < 4.78 is 6.41. The zero-order valence-electron chi connectivity index (χ0n) is 12.0. The molecule has 2 rings (SSSR count). The van der Waals surface area contributed by atoms with Crippen molar-refractivity contribution < 1.29 is 9.66 Å². The molecule has 7 nitrogen and oxygen atoms in total. The maximum absolute atomic E-state index is 10.9. The summed E-state index contributed by atoms with van der Waals surface area (Å²) in [4.78, 5) is 14.3. The third-order valence-corrected chi connectivity index (χ3v) is 3.52. The van der Waals surface area contributed by atoms with Gasteiger partial charge in [0.25, 0.3) is 0 Å². The standard InChI is InChI=1S/C15H13IN4O3/c1-2-8-23-14-6-5-11(9-12(14)16)10-18-19-15-13(20(21)22)4-3-7-17-15/h2-7,9-10H,1,8H2,(H,17,19)/b18-10-. The smallest absolute Gasteiger partial charge is 0.313 e. The molecule has 0 spiro atoms. The van der Waals surface area contributed by atoms with E-state index < -0.39 is 4.92 Å². The van der Waals surface area contributed by atoms with Gasteiger partial charge in [0.15, 0.2) is 0 Å². The second-order valence-electron chi connectivity index (χ2n) is 4.29. The van der Waals surface area contributed by atoms with Gasteiger partial charge in [-0.15, -0.1) is 0 Å². The summed E-state index contributed by atoms with van der Waals surface area (Å²) in [7, 11) is 0. The van der Waals surface area contributed by atoms with E-state index in [9.17, 15) is 10.1 Å². The van der Waals surface area contributed by atoms with Crippen LogP contribution in [0.3, 0.4) is 0 Å². The van der Waals surface area contributed by atoms with Crippen molar-refractivity contribution in [2.75, 3.05) is 12.0 Å². The van der Waals surface area contributed by atoms with Crippen LogP contribution in [0.15, 0.2) is 54.3 Å². The average molecular weight is 424 g/mol. The topological polar surface area (TPSA) is 89.7 Å². The molecule has 0 amide bonds. The number of rotatable bonds is 7. The highest BCUT2D eigenvalue weighted by Crippen LogP contribution is 2.22. The van der Waals surface area contributed by atoms with E-state index in [1.807, 2.05) is 18.2 Å². The number of hydrogen-bond donors (Lipinski definition) is 1. The predicted octanol–water partition coefficient (Wildman–Crippen LogP) is 3.61. The summed E-state index contributed by atoms with van der Waals surface area (Å²) in [5.74, 6) is 0.852. The molecule has 0 unspecified atom stereocenters. The minimum absolute atomic E-state index is 0.0920. The molecule has 0 aliphatic heterocycles. The zero-order valence-corrected chi connectivity index (χ0v) is 14.1. The number of aromatic nitrogens is 1. The Balaban J connectivity index is 2.08. The second kappa shape index (κ2) is 8.22. The van der Waals surface area contributed by atoms with Crippen molar-refractivity contribution in [3.63, 3.8) is 0 Å². The minimum Gasteiger partial charge on any atom is -0.488 e. The van der Waals surface area contributed by atoms with Crippen LogP contribution in [0.5, 0.6) is 5.75 Å². The first-order valence-corrected chi connectivity index (χ1v) is 7.61. The Kier molecular flexibility index (Phi) is 6.03. The number of nitrogens with one attached hydrogen (secondary N) is 1. The fourth-order valence-corrected chi connectivity index (χ4v) is 2.36. The number of pyridine rings is 1. The molecule has 118 valence electrons. The number of hydrogen-bond acceptors (Lipinski definition) is 6. The first-order chi connectivity index (χ1) is 11.1. The first-order valence-electron chi connectivity index (χ1n) is 6.53. The van der Waals surface area contributed by atoms with E-state index in [0.717, 1.165) is 14.9 Å². The molecule has 1 N–H and O–H groups in total. The molecular weight excluding hydrogens is 411 g/mol. The lowest BCUT2D eigenvalue weighted by atomic mass is 10.2. The van der Waals surface area contributed by atoms with Gasteiger partial charge in [-0.1, -0.05) is 12.7 Å². The van der Waals surface area contributed by atoms with Crippen molar-refractivity contribution in [3.8, 4) is 5.75 Å². The summed E-state index contributed by atoms with van der Waals surface area (Å²) >= 11 is 2.16. The van der Waals surface area contributed by atoms with Crippen LogP contribution < -0.4 is 10.2 Å². The predicted molar refractivity (Wildman–Crippen MR) is 97.0 cm³/mol. The van der Waals surface area contributed by atoms with Crippen LogP contribution in [-0.4, -0.2) is 22.7 Å². The third-order valence-electron chi connectivity index (χ3n) is 2.68. The largest absolute Gasteiger partial charge is 0.488 e. The van der Waals surface area contributed by atoms with Crippen LogP contribution in [0.4, 0.5) is 11.5 Å². The van der Waals surface area contributed by atoms with Gasteiger partial charge < -0.3 is 4.74 Å². The molecule has 1 heterocycles. The van der Waals surface area contributed by atoms with Crippen LogP contribution >= 0.6 is 22.6 Å². The normalized spacial score (nSPS) is 10.5. The Labute approximate surface area is 146 Å². The SMILES string of the molecule is C=CCOc1ccc(/C=N\Nc2ncccc2[N+](=O)[O-])cc1I. The van der Waals surface area contributed by atoms with Gasteiger partial charge in [0, 0.05) is 12.3 Å². The van der Waals surface area contributed by atoms with Gasteiger partial charge in [-0.05, 0) is 52.4 Å². The lowest BCUT2D eigenvalue weighted by Crippen LogP contribution is -1.99. The number of nitro groups is 1. The van der Waals surface area contributed by atoms with Crippen LogP contribution in [0.1, 0.15) is 5.56 Å². The van der Waals surface area contributed by atoms with Gasteiger partial charge in [-0.3, -0.25) is 15.5 Å². The number of ether oxygens (including phenoxy) is 1.